The number of nitrogens with one attached hydrogen (secondary N) is 1. The van der Waals surface area contributed by atoms with Crippen LogP contribution in [-0.2, 0) is 11.3 Å². The van der Waals surface area contributed by atoms with Crippen molar-refractivity contribution in [2.75, 3.05) is 33.9 Å². The summed E-state index contributed by atoms with van der Waals surface area (Å²) in [7, 11) is 3.53. The Labute approximate surface area is 133 Å². The van der Waals surface area contributed by atoms with E-state index < -0.39 is 0 Å². The fourth-order valence-corrected chi connectivity index (χ4v) is 2.64. The SMILES string of the molecule is CN(C)C(=O)CCNCc1cc(Br)c2c(c1)OCCCO2. The zero-order valence-electron chi connectivity index (χ0n) is 12.4. The lowest BCUT2D eigenvalue weighted by atomic mass is 10.2. The summed E-state index contributed by atoms with van der Waals surface area (Å²) in [4.78, 5) is 13.1. The predicted octanol–water partition coefficient (Wildman–Crippen LogP) is 2.18. The molecule has 21 heavy (non-hydrogen) atoms. The Morgan fingerprint density at radius 1 is 1.33 bits per heavy atom. The van der Waals surface area contributed by atoms with Crippen LogP contribution >= 0.6 is 15.9 Å². The van der Waals surface area contributed by atoms with E-state index in [1.165, 1.54) is 0 Å². The van der Waals surface area contributed by atoms with E-state index in [1.54, 1.807) is 19.0 Å². The highest BCUT2D eigenvalue weighted by Gasteiger charge is 2.15. The fourth-order valence-electron chi connectivity index (χ4n) is 2.04. The number of hydrogen-bond donors (Lipinski definition) is 1. The number of nitrogens with zero attached hydrogens (tertiary/aromatic N) is 1. The number of ether oxygens (including phenoxy) is 2. The van der Waals surface area contributed by atoms with Crippen LogP contribution in [0.15, 0.2) is 16.6 Å². The Morgan fingerprint density at radius 2 is 2.10 bits per heavy atom. The van der Waals surface area contributed by atoms with Crippen molar-refractivity contribution in [2.24, 2.45) is 0 Å². The van der Waals surface area contributed by atoms with Crippen molar-refractivity contribution < 1.29 is 14.3 Å². The van der Waals surface area contributed by atoms with E-state index in [0.29, 0.717) is 32.7 Å². The fraction of sp³-hybridized carbons (Fsp3) is 0.533. The maximum absolute atomic E-state index is 11.5. The second kappa shape index (κ2) is 7.66. The minimum Gasteiger partial charge on any atom is -0.490 e. The van der Waals surface area contributed by atoms with Gasteiger partial charge in [-0.2, -0.15) is 0 Å². The van der Waals surface area contributed by atoms with Crippen molar-refractivity contribution in [3.8, 4) is 11.5 Å². The largest absolute Gasteiger partial charge is 0.490 e. The van der Waals surface area contributed by atoms with Gasteiger partial charge in [0.1, 0.15) is 0 Å². The lowest BCUT2D eigenvalue weighted by Crippen LogP contribution is -2.26. The van der Waals surface area contributed by atoms with Crippen LogP contribution in [0.5, 0.6) is 11.5 Å². The van der Waals surface area contributed by atoms with Crippen molar-refractivity contribution in [1.29, 1.82) is 0 Å². The molecule has 5 nitrogen and oxygen atoms in total. The van der Waals surface area contributed by atoms with Crippen molar-refractivity contribution in [2.45, 2.75) is 19.4 Å². The zero-order chi connectivity index (χ0) is 15.2. The van der Waals surface area contributed by atoms with Crippen LogP contribution < -0.4 is 14.8 Å². The summed E-state index contributed by atoms with van der Waals surface area (Å²) in [5, 5.41) is 3.27. The molecule has 116 valence electrons. The number of rotatable bonds is 5. The van der Waals surface area contributed by atoms with Gasteiger partial charge in [0.25, 0.3) is 0 Å². The molecular weight excluding hydrogens is 336 g/mol. The van der Waals surface area contributed by atoms with Crippen molar-refractivity contribution in [1.82, 2.24) is 10.2 Å². The molecule has 0 bridgehead atoms. The minimum atomic E-state index is 0.127. The maximum atomic E-state index is 11.5. The van der Waals surface area contributed by atoms with Gasteiger partial charge in [0.2, 0.25) is 5.91 Å². The molecule has 1 amide bonds. The molecule has 0 fully saturated rings. The predicted molar refractivity (Wildman–Crippen MR) is 84.8 cm³/mol. The molecule has 0 aliphatic carbocycles. The van der Waals surface area contributed by atoms with E-state index in [1.807, 2.05) is 12.1 Å². The number of amides is 1. The Hall–Kier alpha value is -1.27. The Morgan fingerprint density at radius 3 is 2.86 bits per heavy atom. The first-order valence-corrected chi connectivity index (χ1v) is 7.86. The molecule has 0 spiro atoms. The molecule has 2 rings (SSSR count). The van der Waals surface area contributed by atoms with Crippen LogP contribution in [0, 0.1) is 0 Å². The zero-order valence-corrected chi connectivity index (χ0v) is 14.0. The number of carbonyl (C=O) groups excluding carboxylic acids is 1. The molecule has 0 unspecified atom stereocenters. The third-order valence-electron chi connectivity index (χ3n) is 3.21. The van der Waals surface area contributed by atoms with E-state index >= 15 is 0 Å². The molecule has 0 saturated carbocycles. The quantitative estimate of drug-likeness (QED) is 0.821. The summed E-state index contributed by atoms with van der Waals surface area (Å²) in [5.41, 5.74) is 1.10. The first-order chi connectivity index (χ1) is 10.1. The summed E-state index contributed by atoms with van der Waals surface area (Å²) in [5.74, 6) is 1.68. The Kier molecular flexibility index (Phi) is 5.87. The first-order valence-electron chi connectivity index (χ1n) is 7.07. The number of fused-ring (bicyclic) bond motifs is 1. The monoisotopic (exact) mass is 356 g/mol. The summed E-state index contributed by atoms with van der Waals surface area (Å²) in [6.07, 6.45) is 1.39. The van der Waals surface area contributed by atoms with Crippen LogP contribution in [0.3, 0.4) is 0 Å². The molecule has 6 heteroatoms. The van der Waals surface area contributed by atoms with Gasteiger partial charge in [0.05, 0.1) is 17.7 Å². The highest BCUT2D eigenvalue weighted by molar-refractivity contribution is 9.10. The third-order valence-corrected chi connectivity index (χ3v) is 3.79. The molecule has 1 aromatic carbocycles. The van der Waals surface area contributed by atoms with Crippen molar-refractivity contribution in [3.05, 3.63) is 22.2 Å². The minimum absolute atomic E-state index is 0.127. The number of carbonyl (C=O) groups is 1. The average molecular weight is 357 g/mol. The number of halogens is 1. The van der Waals surface area contributed by atoms with Crippen LogP contribution in [0.25, 0.3) is 0 Å². The lowest BCUT2D eigenvalue weighted by molar-refractivity contribution is -0.128. The molecule has 1 heterocycles. The van der Waals surface area contributed by atoms with Crippen molar-refractivity contribution >= 4 is 21.8 Å². The summed E-state index contributed by atoms with van der Waals surface area (Å²) < 4.78 is 12.3. The average Bonchev–Trinajstić information content (AvgIpc) is 2.69. The molecule has 0 radical (unpaired) electrons. The van der Waals surface area contributed by atoms with Gasteiger partial charge in [-0.15, -0.1) is 0 Å². The van der Waals surface area contributed by atoms with Crippen molar-refractivity contribution in [3.63, 3.8) is 0 Å². The van der Waals surface area contributed by atoms with E-state index in [0.717, 1.165) is 28.0 Å². The Balaban J connectivity index is 1.91. The van der Waals surface area contributed by atoms with Crippen LogP contribution in [0.2, 0.25) is 0 Å². The van der Waals surface area contributed by atoms with Crippen LogP contribution in [-0.4, -0.2) is 44.7 Å². The number of benzene rings is 1. The standard InChI is InChI=1S/C15H21BrN2O3/c1-18(2)14(19)4-5-17-10-11-8-12(16)15-13(9-11)20-6-3-7-21-15/h8-9,17H,3-7,10H2,1-2H3. The Bertz CT molecular complexity index is 506. The molecule has 0 aromatic heterocycles. The summed E-state index contributed by atoms with van der Waals surface area (Å²) in [6.45, 7) is 2.70. The van der Waals surface area contributed by atoms with Gasteiger partial charge >= 0.3 is 0 Å². The molecule has 1 N–H and O–H groups in total. The second-order valence-corrected chi connectivity index (χ2v) is 6.02. The first kappa shape index (κ1) is 16.1. The molecular formula is C15H21BrN2O3. The normalized spacial score (nSPS) is 13.7. The molecule has 1 aliphatic rings. The van der Waals surface area contributed by atoms with E-state index in [-0.39, 0.29) is 5.91 Å². The van der Waals surface area contributed by atoms with Gasteiger partial charge in [-0.25, -0.2) is 0 Å². The van der Waals surface area contributed by atoms with Gasteiger partial charge in [-0.05, 0) is 33.6 Å². The van der Waals surface area contributed by atoms with Gasteiger partial charge < -0.3 is 19.7 Å². The smallest absolute Gasteiger partial charge is 0.223 e. The second-order valence-electron chi connectivity index (χ2n) is 5.17. The molecule has 1 aromatic rings. The van der Waals surface area contributed by atoms with E-state index in [2.05, 4.69) is 21.2 Å². The third kappa shape index (κ3) is 4.61. The molecule has 0 atom stereocenters. The van der Waals surface area contributed by atoms with Crippen LogP contribution in [0.4, 0.5) is 0 Å². The van der Waals surface area contributed by atoms with Gasteiger partial charge in [-0.3, -0.25) is 4.79 Å². The molecule has 1 aliphatic heterocycles. The maximum Gasteiger partial charge on any atom is 0.223 e. The van der Waals surface area contributed by atoms with Gasteiger partial charge in [0, 0.05) is 40.0 Å². The van der Waals surface area contributed by atoms with E-state index in [4.69, 9.17) is 9.47 Å². The van der Waals surface area contributed by atoms with Crippen LogP contribution in [0.1, 0.15) is 18.4 Å². The lowest BCUT2D eigenvalue weighted by Gasteiger charge is -2.13. The highest BCUT2D eigenvalue weighted by atomic mass is 79.9. The topological polar surface area (TPSA) is 50.8 Å². The number of hydrogen-bond acceptors (Lipinski definition) is 4. The van der Waals surface area contributed by atoms with E-state index in [9.17, 15) is 4.79 Å². The summed E-state index contributed by atoms with van der Waals surface area (Å²) in [6, 6.07) is 4.01. The van der Waals surface area contributed by atoms with Gasteiger partial charge in [0.15, 0.2) is 11.5 Å². The molecule has 0 saturated heterocycles. The summed E-state index contributed by atoms with van der Waals surface area (Å²) >= 11 is 3.53. The van der Waals surface area contributed by atoms with Gasteiger partial charge in [-0.1, -0.05) is 0 Å². The highest BCUT2D eigenvalue weighted by Crippen LogP contribution is 2.38.